The van der Waals surface area contributed by atoms with Crippen LogP contribution in [0.1, 0.15) is 176 Å². The van der Waals surface area contributed by atoms with Crippen molar-refractivity contribution < 1.29 is 28.5 Å². The first-order valence-corrected chi connectivity index (χ1v) is 21.0. The molecule has 0 unspecified atom stereocenters. The molecule has 0 spiro atoms. The highest BCUT2D eigenvalue weighted by atomic mass is 16.5. The van der Waals surface area contributed by atoms with Crippen LogP contribution in [0, 0.1) is 0 Å². The maximum atomic E-state index is 14.5. The molecule has 6 nitrogen and oxygen atoms in total. The van der Waals surface area contributed by atoms with Gasteiger partial charge in [0, 0.05) is 11.6 Å². The predicted octanol–water partition coefficient (Wildman–Crippen LogP) is 12.1. The minimum Gasteiger partial charge on any atom is -0.490 e. The van der Waals surface area contributed by atoms with Crippen LogP contribution in [0.15, 0.2) is 36.4 Å². The molecule has 0 heterocycles. The molecule has 0 atom stereocenters. The number of ether oxygens (including phenoxy) is 5. The molecular weight excluding hydrogens is 636 g/mol. The summed E-state index contributed by atoms with van der Waals surface area (Å²) in [6.45, 7) is 0. The summed E-state index contributed by atoms with van der Waals surface area (Å²) >= 11 is 0. The van der Waals surface area contributed by atoms with Crippen LogP contribution in [0.3, 0.4) is 0 Å². The Bertz CT molecular complexity index is 1420. The van der Waals surface area contributed by atoms with Gasteiger partial charge in [0.05, 0.1) is 36.1 Å². The largest absolute Gasteiger partial charge is 0.490 e. The fourth-order valence-corrected chi connectivity index (χ4v) is 8.96. The van der Waals surface area contributed by atoms with Gasteiger partial charge in [-0.3, -0.25) is 4.79 Å². The second kappa shape index (κ2) is 18.6. The molecule has 2 aromatic carbocycles. The van der Waals surface area contributed by atoms with Crippen LogP contribution in [0.25, 0.3) is 6.08 Å². The highest BCUT2D eigenvalue weighted by molar-refractivity contribution is 6.09. The van der Waals surface area contributed by atoms with Crippen molar-refractivity contribution in [1.29, 1.82) is 0 Å². The Kier molecular flexibility index (Phi) is 13.2. The minimum atomic E-state index is -0.106. The van der Waals surface area contributed by atoms with E-state index in [0.717, 1.165) is 94.1 Å². The zero-order valence-corrected chi connectivity index (χ0v) is 31.1. The third kappa shape index (κ3) is 10.5. The van der Waals surface area contributed by atoms with E-state index in [4.69, 9.17) is 23.7 Å². The Hall–Kier alpha value is -3.15. The van der Waals surface area contributed by atoms with Gasteiger partial charge in [0.25, 0.3) is 0 Å². The Morgan fingerprint density at radius 1 is 0.451 bits per heavy atom. The summed E-state index contributed by atoms with van der Waals surface area (Å²) in [5.41, 5.74) is 1.41. The van der Waals surface area contributed by atoms with Gasteiger partial charge in [0.2, 0.25) is 0 Å². The summed E-state index contributed by atoms with van der Waals surface area (Å²) in [4.78, 5) is 14.5. The fraction of sp³-hybridized carbons (Fsp3) is 0.667. The van der Waals surface area contributed by atoms with E-state index in [9.17, 15) is 4.79 Å². The third-order valence-corrected chi connectivity index (χ3v) is 11.9. The van der Waals surface area contributed by atoms with E-state index >= 15 is 0 Å². The molecule has 0 amide bonds. The first-order valence-electron chi connectivity index (χ1n) is 21.0. The van der Waals surface area contributed by atoms with Gasteiger partial charge < -0.3 is 23.7 Å². The van der Waals surface area contributed by atoms with Crippen LogP contribution in [-0.2, 0) is 0 Å². The predicted molar refractivity (Wildman–Crippen MR) is 204 cm³/mol. The number of benzene rings is 2. The highest BCUT2D eigenvalue weighted by Crippen LogP contribution is 2.42. The Morgan fingerprint density at radius 3 is 1.39 bits per heavy atom. The van der Waals surface area contributed by atoms with Crippen molar-refractivity contribution in [1.82, 2.24) is 0 Å². The maximum Gasteiger partial charge on any atom is 0.189 e. The maximum absolute atomic E-state index is 14.5. The summed E-state index contributed by atoms with van der Waals surface area (Å²) in [5.74, 6) is 3.52. The van der Waals surface area contributed by atoms with Crippen LogP contribution in [0.2, 0.25) is 0 Å². The molecule has 0 N–H and O–H groups in total. The Morgan fingerprint density at radius 2 is 0.882 bits per heavy atom. The number of carbonyl (C=O) groups excluding carboxylic acids is 1. The van der Waals surface area contributed by atoms with Crippen molar-refractivity contribution in [2.45, 2.75) is 191 Å². The number of hydrogen-bond donors (Lipinski definition) is 0. The second-order valence-electron chi connectivity index (χ2n) is 16.1. The number of ketones is 1. The second-order valence-corrected chi connectivity index (χ2v) is 16.1. The minimum absolute atomic E-state index is 0.0808. The number of hydrogen-bond acceptors (Lipinski definition) is 6. The normalized spacial score (nSPS) is 22.1. The lowest BCUT2D eigenvalue weighted by Gasteiger charge is -2.29. The molecular formula is C45H62O6. The van der Waals surface area contributed by atoms with Gasteiger partial charge in [-0.1, -0.05) is 32.1 Å². The van der Waals surface area contributed by atoms with Gasteiger partial charge >= 0.3 is 0 Å². The zero-order chi connectivity index (χ0) is 34.7. The molecule has 51 heavy (non-hydrogen) atoms. The van der Waals surface area contributed by atoms with Gasteiger partial charge in [0.15, 0.2) is 17.3 Å². The lowest BCUT2D eigenvalue weighted by Crippen LogP contribution is -2.24. The SMILES string of the molecule is O=C(/C=C/c1cc(OC2CCCCC2)ccc1OC1CCCCC1)c1cc(OC2CCCCC2)cc(OC2CCCCC2)c1OC1CCCCC1. The van der Waals surface area contributed by atoms with Gasteiger partial charge in [0.1, 0.15) is 17.2 Å². The molecule has 6 heteroatoms. The van der Waals surface area contributed by atoms with E-state index in [1.54, 1.807) is 6.08 Å². The molecule has 5 fully saturated rings. The van der Waals surface area contributed by atoms with E-state index in [1.807, 2.05) is 30.3 Å². The molecule has 5 aliphatic carbocycles. The first-order chi connectivity index (χ1) is 25.2. The van der Waals surface area contributed by atoms with Gasteiger partial charge in [-0.2, -0.15) is 0 Å². The molecule has 0 bridgehead atoms. The van der Waals surface area contributed by atoms with Crippen LogP contribution in [0.4, 0.5) is 0 Å². The number of rotatable bonds is 13. The van der Waals surface area contributed by atoms with Crippen LogP contribution in [0.5, 0.6) is 28.7 Å². The monoisotopic (exact) mass is 698 g/mol. The third-order valence-electron chi connectivity index (χ3n) is 11.9. The van der Waals surface area contributed by atoms with Crippen molar-refractivity contribution in [2.75, 3.05) is 0 Å². The fourth-order valence-electron chi connectivity index (χ4n) is 8.96. The topological polar surface area (TPSA) is 63.2 Å². The molecule has 0 radical (unpaired) electrons. The van der Waals surface area contributed by atoms with Crippen molar-refractivity contribution >= 4 is 11.9 Å². The molecule has 0 aromatic heterocycles. The zero-order valence-electron chi connectivity index (χ0n) is 31.1. The first kappa shape index (κ1) is 36.2. The Labute approximate surface area is 307 Å². The quantitative estimate of drug-likeness (QED) is 0.153. The van der Waals surface area contributed by atoms with E-state index in [0.29, 0.717) is 22.8 Å². The van der Waals surface area contributed by atoms with E-state index in [-0.39, 0.29) is 36.3 Å². The Balaban J connectivity index is 1.21. The molecule has 0 aliphatic heterocycles. The van der Waals surface area contributed by atoms with Crippen molar-refractivity contribution in [3.8, 4) is 28.7 Å². The molecule has 5 aliphatic rings. The average molecular weight is 699 g/mol. The molecule has 278 valence electrons. The van der Waals surface area contributed by atoms with E-state index in [1.165, 1.54) is 83.5 Å². The molecule has 0 saturated heterocycles. The molecule has 5 saturated carbocycles. The summed E-state index contributed by atoms with van der Waals surface area (Å²) in [7, 11) is 0. The summed E-state index contributed by atoms with van der Waals surface area (Å²) in [6.07, 6.45) is 33.1. The van der Waals surface area contributed by atoms with Crippen LogP contribution in [-0.4, -0.2) is 36.3 Å². The highest BCUT2D eigenvalue weighted by Gasteiger charge is 2.27. The van der Waals surface area contributed by atoms with Gasteiger partial charge in [-0.05, 0) is 165 Å². The van der Waals surface area contributed by atoms with E-state index in [2.05, 4.69) is 6.07 Å². The lowest BCUT2D eigenvalue weighted by molar-refractivity contribution is 0.101. The van der Waals surface area contributed by atoms with Crippen LogP contribution < -0.4 is 23.7 Å². The summed E-state index contributed by atoms with van der Waals surface area (Å²) < 4.78 is 33.3. The molecule has 2 aromatic rings. The molecule has 7 rings (SSSR count). The van der Waals surface area contributed by atoms with Crippen LogP contribution >= 0.6 is 0 Å². The number of allylic oxidation sites excluding steroid dienone is 1. The van der Waals surface area contributed by atoms with Crippen molar-refractivity contribution in [3.05, 3.63) is 47.5 Å². The van der Waals surface area contributed by atoms with Crippen molar-refractivity contribution in [3.63, 3.8) is 0 Å². The van der Waals surface area contributed by atoms with Gasteiger partial charge in [-0.25, -0.2) is 0 Å². The summed E-state index contributed by atoms with van der Waals surface area (Å²) in [5, 5.41) is 0. The summed E-state index contributed by atoms with van der Waals surface area (Å²) in [6, 6.07) is 10.1. The smallest absolute Gasteiger partial charge is 0.189 e. The van der Waals surface area contributed by atoms with E-state index < -0.39 is 0 Å². The van der Waals surface area contributed by atoms with Crippen molar-refractivity contribution in [2.24, 2.45) is 0 Å². The average Bonchev–Trinajstić information content (AvgIpc) is 3.17. The number of carbonyl (C=O) groups is 1. The lowest BCUT2D eigenvalue weighted by atomic mass is 9.96. The standard InChI is InChI=1S/C45H62O6/c46-42(28-26-33-30-39(47-34-16-6-1-7-17-34)27-29-43(33)49-36-20-10-3-11-21-36)41-31-40(48-35-18-8-2-9-19-35)32-44(50-37-22-12-4-13-23-37)45(41)51-38-24-14-5-15-25-38/h26-32,34-38H,1-25H2/b28-26+. The van der Waals surface area contributed by atoms with Gasteiger partial charge in [-0.15, -0.1) is 0 Å².